The van der Waals surface area contributed by atoms with E-state index in [4.69, 9.17) is 20.9 Å². The van der Waals surface area contributed by atoms with Crippen LogP contribution >= 0.6 is 0 Å². The first-order valence-electron chi connectivity index (χ1n) is 19.1. The van der Waals surface area contributed by atoms with Crippen molar-refractivity contribution in [2.24, 2.45) is 5.92 Å². The van der Waals surface area contributed by atoms with Gasteiger partial charge < -0.3 is 52.4 Å². The number of carbonyl (C=O) groups excluding carboxylic acids is 6. The van der Waals surface area contributed by atoms with E-state index in [1.165, 1.54) is 37.3 Å². The van der Waals surface area contributed by atoms with Crippen molar-refractivity contribution in [2.45, 2.75) is 84.7 Å². The zero-order chi connectivity index (χ0) is 44.1. The minimum atomic E-state index is -0.933. The molecule has 0 fully saturated rings. The Labute approximate surface area is 347 Å². The SMILES string of the molecule is COC(=O)[C@H](CCCNc1ccc(NC(=O)[C@H](C)NC(=O)[C@@H](NC(=O)OC(C)(C)C)C(C)C)cc1)NC(=O)c1ccc(N(C=O)Cc2cnc3nc(N)nc(N)c3n2)cc1. The molecule has 2 aromatic carbocycles. The molecular weight excluding hydrogens is 777 g/mol. The minimum Gasteiger partial charge on any atom is -0.467 e. The van der Waals surface area contributed by atoms with Gasteiger partial charge in [0, 0.05) is 29.2 Å². The van der Waals surface area contributed by atoms with E-state index in [2.05, 4.69) is 46.5 Å². The van der Waals surface area contributed by atoms with Crippen LogP contribution in [0.5, 0.6) is 0 Å². The maximum Gasteiger partial charge on any atom is 0.408 e. The number of fused-ring (bicyclic) bond motifs is 1. The molecule has 0 unspecified atom stereocenters. The fourth-order valence-corrected chi connectivity index (χ4v) is 5.66. The molecule has 0 spiro atoms. The highest BCUT2D eigenvalue weighted by atomic mass is 16.6. The van der Waals surface area contributed by atoms with Gasteiger partial charge in [0.05, 0.1) is 25.5 Å². The van der Waals surface area contributed by atoms with Crippen molar-refractivity contribution < 1.29 is 38.2 Å². The monoisotopic (exact) mass is 828 g/mol. The maximum atomic E-state index is 13.2. The second kappa shape index (κ2) is 20.5. The zero-order valence-electron chi connectivity index (χ0n) is 34.6. The molecule has 320 valence electrons. The standard InChI is InChI=1S/C40H52N12O8/c1-22(2)30(49-39(58)60-40(4,5)6)36(56)45-23(3)34(54)47-26-14-12-25(13-15-26)43-18-8-9-29(37(57)59-7)48-35(55)24-10-16-28(17-11-24)52(21-53)20-27-19-44-33-31(46-27)32(41)50-38(42)51-33/h10-17,19,21-23,29-30,43H,8-9,18,20H2,1-7H3,(H,45,56)(H,47,54)(H,48,55)(H,49,58)(H4,41,42,44,50,51)/t23-,29-,30-/m0/s1. The fourth-order valence-electron chi connectivity index (χ4n) is 5.66. The Kier molecular flexibility index (Phi) is 15.6. The smallest absolute Gasteiger partial charge is 0.408 e. The quantitative estimate of drug-likeness (QED) is 0.0431. The molecule has 0 bridgehead atoms. The summed E-state index contributed by atoms with van der Waals surface area (Å²) in [5.41, 5.74) is 13.6. The summed E-state index contributed by atoms with van der Waals surface area (Å²) in [6.07, 6.45) is 2.07. The predicted octanol–water partition coefficient (Wildman–Crippen LogP) is 2.90. The first-order chi connectivity index (χ1) is 28.4. The molecule has 5 amide bonds. The number of anilines is 5. The van der Waals surface area contributed by atoms with Gasteiger partial charge in [-0.2, -0.15) is 9.97 Å². The van der Waals surface area contributed by atoms with E-state index in [9.17, 15) is 28.8 Å². The zero-order valence-corrected chi connectivity index (χ0v) is 34.6. The van der Waals surface area contributed by atoms with Gasteiger partial charge in [0.1, 0.15) is 23.7 Å². The average molecular weight is 829 g/mol. The van der Waals surface area contributed by atoms with E-state index in [0.29, 0.717) is 36.4 Å². The third-order valence-electron chi connectivity index (χ3n) is 8.74. The van der Waals surface area contributed by atoms with Gasteiger partial charge in [-0.25, -0.2) is 19.6 Å². The fraction of sp³-hybridized carbons (Fsp3) is 0.400. The molecule has 0 saturated heterocycles. The first-order valence-corrected chi connectivity index (χ1v) is 19.1. The number of benzene rings is 2. The summed E-state index contributed by atoms with van der Waals surface area (Å²) in [6.45, 7) is 10.7. The van der Waals surface area contributed by atoms with Gasteiger partial charge in [-0.15, -0.1) is 0 Å². The number of hydrogen-bond donors (Lipinski definition) is 7. The predicted molar refractivity (Wildman–Crippen MR) is 224 cm³/mol. The van der Waals surface area contributed by atoms with Crippen molar-refractivity contribution >= 4 is 76.2 Å². The molecule has 0 saturated carbocycles. The molecule has 4 aromatic rings. The van der Waals surface area contributed by atoms with Crippen LogP contribution < -0.4 is 43.0 Å². The lowest BCUT2D eigenvalue weighted by Crippen LogP contribution is -2.54. The summed E-state index contributed by atoms with van der Waals surface area (Å²) < 4.78 is 10.2. The van der Waals surface area contributed by atoms with Gasteiger partial charge in [-0.05, 0) is 95.0 Å². The Bertz CT molecular complexity index is 2160. The van der Waals surface area contributed by atoms with Gasteiger partial charge in [0.15, 0.2) is 17.0 Å². The number of methoxy groups -OCH3 is 1. The van der Waals surface area contributed by atoms with E-state index >= 15 is 0 Å². The number of esters is 1. The molecule has 20 nitrogen and oxygen atoms in total. The van der Waals surface area contributed by atoms with E-state index in [1.807, 2.05) is 0 Å². The normalized spacial score (nSPS) is 12.7. The van der Waals surface area contributed by atoms with Crippen molar-refractivity contribution in [3.05, 3.63) is 66.0 Å². The van der Waals surface area contributed by atoms with E-state index in [-0.39, 0.29) is 47.4 Å². The Balaban J connectivity index is 1.24. The number of alkyl carbamates (subject to hydrolysis) is 1. The van der Waals surface area contributed by atoms with Crippen molar-refractivity contribution in [1.82, 2.24) is 35.9 Å². The van der Waals surface area contributed by atoms with Crippen LogP contribution in [0.2, 0.25) is 0 Å². The molecule has 60 heavy (non-hydrogen) atoms. The highest BCUT2D eigenvalue weighted by Gasteiger charge is 2.29. The number of hydrogen-bond acceptors (Lipinski definition) is 15. The Morgan fingerprint density at radius 1 is 0.867 bits per heavy atom. The Hall–Kier alpha value is -7.12. The van der Waals surface area contributed by atoms with Gasteiger partial charge in [-0.3, -0.25) is 19.2 Å². The van der Waals surface area contributed by atoms with Crippen molar-refractivity contribution in [2.75, 3.05) is 40.7 Å². The van der Waals surface area contributed by atoms with Crippen LogP contribution in [0.3, 0.4) is 0 Å². The average Bonchev–Trinajstić information content (AvgIpc) is 3.19. The number of nitrogens with one attached hydrogen (secondary N) is 5. The van der Waals surface area contributed by atoms with Crippen molar-refractivity contribution in [3.63, 3.8) is 0 Å². The lowest BCUT2D eigenvalue weighted by Gasteiger charge is -2.26. The Morgan fingerprint density at radius 3 is 2.15 bits per heavy atom. The summed E-state index contributed by atoms with van der Waals surface area (Å²) >= 11 is 0. The van der Waals surface area contributed by atoms with Crippen LogP contribution in [0.4, 0.5) is 33.6 Å². The second-order valence-corrected chi connectivity index (χ2v) is 15.1. The Morgan fingerprint density at radius 2 is 1.53 bits per heavy atom. The highest BCUT2D eigenvalue weighted by molar-refractivity contribution is 5.98. The molecule has 3 atom stereocenters. The molecular formula is C40H52N12O8. The summed E-state index contributed by atoms with van der Waals surface area (Å²) in [4.78, 5) is 93.7. The van der Waals surface area contributed by atoms with Crippen LogP contribution in [-0.2, 0) is 35.2 Å². The lowest BCUT2D eigenvalue weighted by atomic mass is 10.0. The molecule has 0 radical (unpaired) electrons. The maximum absolute atomic E-state index is 13.2. The van der Waals surface area contributed by atoms with Crippen molar-refractivity contribution in [3.8, 4) is 0 Å². The number of nitrogen functional groups attached to an aromatic ring is 2. The van der Waals surface area contributed by atoms with Gasteiger partial charge in [-0.1, -0.05) is 13.8 Å². The van der Waals surface area contributed by atoms with Gasteiger partial charge in [0.25, 0.3) is 5.91 Å². The third kappa shape index (κ3) is 13.2. The minimum absolute atomic E-state index is 0.0350. The van der Waals surface area contributed by atoms with E-state index in [0.717, 1.165) is 5.69 Å². The van der Waals surface area contributed by atoms with Crippen LogP contribution in [0, 0.1) is 5.92 Å². The van der Waals surface area contributed by atoms with Crippen LogP contribution in [0.25, 0.3) is 11.2 Å². The second-order valence-electron chi connectivity index (χ2n) is 15.1. The molecule has 0 aliphatic carbocycles. The summed E-state index contributed by atoms with van der Waals surface area (Å²) in [5.74, 6) is -2.35. The molecule has 0 aliphatic heterocycles. The van der Waals surface area contributed by atoms with Crippen LogP contribution in [0.15, 0.2) is 54.7 Å². The third-order valence-corrected chi connectivity index (χ3v) is 8.74. The number of ether oxygens (including phenoxy) is 2. The van der Waals surface area contributed by atoms with Crippen LogP contribution in [0.1, 0.15) is 70.4 Å². The van der Waals surface area contributed by atoms with Crippen LogP contribution in [-0.4, -0.2) is 93.5 Å². The first kappa shape index (κ1) is 45.6. The molecule has 2 heterocycles. The molecule has 20 heteroatoms. The van der Waals surface area contributed by atoms with Gasteiger partial charge in [0.2, 0.25) is 24.2 Å². The molecule has 2 aromatic heterocycles. The summed E-state index contributed by atoms with van der Waals surface area (Å²) in [5, 5.41) is 13.9. The number of carbonyl (C=O) groups is 6. The molecule has 0 aliphatic rings. The van der Waals surface area contributed by atoms with Crippen molar-refractivity contribution in [1.29, 1.82) is 0 Å². The largest absolute Gasteiger partial charge is 0.467 e. The van der Waals surface area contributed by atoms with Gasteiger partial charge >= 0.3 is 12.1 Å². The summed E-state index contributed by atoms with van der Waals surface area (Å²) in [6, 6.07) is 10.3. The highest BCUT2D eigenvalue weighted by Crippen LogP contribution is 2.20. The number of nitrogens with two attached hydrogens (primary N) is 2. The molecule has 9 N–H and O–H groups in total. The number of rotatable bonds is 18. The topological polar surface area (TPSA) is 288 Å². The van der Waals surface area contributed by atoms with E-state index < -0.39 is 53.5 Å². The molecule has 4 rings (SSSR count). The lowest BCUT2D eigenvalue weighted by molar-refractivity contribution is -0.143. The summed E-state index contributed by atoms with van der Waals surface area (Å²) in [7, 11) is 1.24. The number of aromatic nitrogens is 4. The van der Waals surface area contributed by atoms with E-state index in [1.54, 1.807) is 71.0 Å². The number of nitrogens with zero attached hydrogens (tertiary/aromatic N) is 5. The number of amides is 5.